The van der Waals surface area contributed by atoms with Gasteiger partial charge in [-0.3, -0.25) is 4.79 Å². The molecule has 0 amide bonds. The summed E-state index contributed by atoms with van der Waals surface area (Å²) in [6, 6.07) is 7.44. The Kier molecular flexibility index (Phi) is 5.55. The summed E-state index contributed by atoms with van der Waals surface area (Å²) in [5.41, 5.74) is 1.78. The summed E-state index contributed by atoms with van der Waals surface area (Å²) in [6.45, 7) is 0.235. The number of benzene rings is 1. The first-order chi connectivity index (χ1) is 10.4. The molecule has 0 atom stereocenters. The highest BCUT2D eigenvalue weighted by molar-refractivity contribution is 7.87. The van der Waals surface area contributed by atoms with Crippen LogP contribution in [-0.4, -0.2) is 36.9 Å². The molecule has 1 fully saturated rings. The molecule has 1 aliphatic rings. The fraction of sp³-hybridized carbons (Fsp3) is 0.533. The molecule has 0 spiro atoms. The Labute approximate surface area is 131 Å². The van der Waals surface area contributed by atoms with Gasteiger partial charge in [-0.25, -0.2) is 0 Å². The first-order valence-electron chi connectivity index (χ1n) is 7.41. The molecular formula is C15H22N2O4S. The van der Waals surface area contributed by atoms with Crippen LogP contribution in [0.1, 0.15) is 36.8 Å². The van der Waals surface area contributed by atoms with Gasteiger partial charge in [0.05, 0.1) is 0 Å². The van der Waals surface area contributed by atoms with Gasteiger partial charge in [-0.1, -0.05) is 30.7 Å². The number of nitrogens with one attached hydrogen (secondary N) is 1. The minimum Gasteiger partial charge on any atom is -0.481 e. The Hall–Kier alpha value is -1.44. The maximum Gasteiger partial charge on any atom is 0.303 e. The van der Waals surface area contributed by atoms with Crippen LogP contribution in [0.4, 0.5) is 0 Å². The molecular weight excluding hydrogens is 304 g/mol. The zero-order valence-corrected chi connectivity index (χ0v) is 13.5. The zero-order valence-electron chi connectivity index (χ0n) is 12.7. The fourth-order valence-corrected chi connectivity index (χ4v) is 3.45. The molecule has 0 bridgehead atoms. The first-order valence-corrected chi connectivity index (χ1v) is 8.85. The van der Waals surface area contributed by atoms with E-state index >= 15 is 0 Å². The SMILES string of the molecule is CN(C1CCC1)S(=O)(=O)NCc1ccc(CCC(=O)O)cc1. The first kappa shape index (κ1) is 16.9. The Morgan fingerprint density at radius 1 is 1.27 bits per heavy atom. The van der Waals surface area contributed by atoms with Crippen molar-refractivity contribution >= 4 is 16.2 Å². The number of carbonyl (C=O) groups is 1. The number of nitrogens with zero attached hydrogens (tertiary/aromatic N) is 1. The van der Waals surface area contributed by atoms with Crippen LogP contribution < -0.4 is 4.72 Å². The van der Waals surface area contributed by atoms with Gasteiger partial charge in [-0.05, 0) is 30.4 Å². The van der Waals surface area contributed by atoms with Gasteiger partial charge in [0, 0.05) is 26.1 Å². The van der Waals surface area contributed by atoms with Gasteiger partial charge in [0.1, 0.15) is 0 Å². The van der Waals surface area contributed by atoms with Crippen LogP contribution >= 0.6 is 0 Å². The summed E-state index contributed by atoms with van der Waals surface area (Å²) in [5.74, 6) is -0.823. The summed E-state index contributed by atoms with van der Waals surface area (Å²) in [5, 5.41) is 8.64. The summed E-state index contributed by atoms with van der Waals surface area (Å²) in [7, 11) is -1.83. The second-order valence-electron chi connectivity index (χ2n) is 5.64. The molecule has 0 heterocycles. The van der Waals surface area contributed by atoms with Crippen LogP contribution in [0.15, 0.2) is 24.3 Å². The minimum atomic E-state index is -3.44. The molecule has 122 valence electrons. The highest BCUT2D eigenvalue weighted by Gasteiger charge is 2.30. The number of carboxylic acid groups (broad SMARTS) is 1. The Balaban J connectivity index is 1.86. The number of rotatable bonds is 8. The lowest BCUT2D eigenvalue weighted by atomic mass is 9.94. The van der Waals surface area contributed by atoms with E-state index in [0.29, 0.717) is 6.42 Å². The lowest BCUT2D eigenvalue weighted by molar-refractivity contribution is -0.136. The molecule has 0 aliphatic heterocycles. The molecule has 0 saturated heterocycles. The second-order valence-corrected chi connectivity index (χ2v) is 7.45. The largest absolute Gasteiger partial charge is 0.481 e. The van der Waals surface area contributed by atoms with Crippen molar-refractivity contribution in [3.8, 4) is 0 Å². The summed E-state index contributed by atoms with van der Waals surface area (Å²) >= 11 is 0. The lowest BCUT2D eigenvalue weighted by Crippen LogP contribution is -2.46. The Morgan fingerprint density at radius 2 is 1.86 bits per heavy atom. The molecule has 1 aromatic rings. The molecule has 0 aromatic heterocycles. The molecule has 2 N–H and O–H groups in total. The number of carboxylic acids is 1. The number of hydrogen-bond acceptors (Lipinski definition) is 3. The minimum absolute atomic E-state index is 0.0954. The zero-order chi connectivity index (χ0) is 16.2. The molecule has 6 nitrogen and oxygen atoms in total. The van der Waals surface area contributed by atoms with Crippen LogP contribution in [0.3, 0.4) is 0 Å². The molecule has 22 heavy (non-hydrogen) atoms. The number of aryl methyl sites for hydroxylation is 1. The van der Waals surface area contributed by atoms with Gasteiger partial charge in [0.25, 0.3) is 10.2 Å². The van der Waals surface area contributed by atoms with E-state index in [1.807, 2.05) is 24.3 Å². The van der Waals surface area contributed by atoms with E-state index in [0.717, 1.165) is 30.4 Å². The fourth-order valence-electron chi connectivity index (χ4n) is 2.30. The summed E-state index contributed by atoms with van der Waals surface area (Å²) < 4.78 is 28.3. The summed E-state index contributed by atoms with van der Waals surface area (Å²) in [4.78, 5) is 10.5. The van der Waals surface area contributed by atoms with E-state index < -0.39 is 16.2 Å². The van der Waals surface area contributed by atoms with E-state index in [9.17, 15) is 13.2 Å². The van der Waals surface area contributed by atoms with Gasteiger partial charge in [-0.15, -0.1) is 0 Å². The van der Waals surface area contributed by atoms with Gasteiger partial charge < -0.3 is 5.11 Å². The van der Waals surface area contributed by atoms with Gasteiger partial charge >= 0.3 is 5.97 Å². The van der Waals surface area contributed by atoms with Crippen LogP contribution in [0.2, 0.25) is 0 Å². The predicted octanol–water partition coefficient (Wildman–Crippen LogP) is 1.52. The average molecular weight is 326 g/mol. The quantitative estimate of drug-likeness (QED) is 0.758. The van der Waals surface area contributed by atoms with Crippen molar-refractivity contribution in [1.82, 2.24) is 9.03 Å². The standard InChI is InChI=1S/C15H22N2O4S/c1-17(14-3-2-4-14)22(20,21)16-11-13-7-5-12(6-8-13)9-10-15(18)19/h5-8,14,16H,2-4,9-11H2,1H3,(H,18,19). The third-order valence-corrected chi connectivity index (χ3v) is 5.64. The molecule has 7 heteroatoms. The normalized spacial score (nSPS) is 15.7. The second kappa shape index (κ2) is 7.21. The van der Waals surface area contributed by atoms with Crippen molar-refractivity contribution in [3.05, 3.63) is 35.4 Å². The van der Waals surface area contributed by atoms with Crippen molar-refractivity contribution in [2.45, 2.75) is 44.7 Å². The van der Waals surface area contributed by atoms with Gasteiger partial charge in [0.2, 0.25) is 0 Å². The van der Waals surface area contributed by atoms with Crippen LogP contribution in [0.5, 0.6) is 0 Å². The van der Waals surface area contributed by atoms with E-state index in [4.69, 9.17) is 5.11 Å². The van der Waals surface area contributed by atoms with Gasteiger partial charge in [-0.2, -0.15) is 17.4 Å². The van der Waals surface area contributed by atoms with Crippen molar-refractivity contribution in [3.63, 3.8) is 0 Å². The molecule has 0 unspecified atom stereocenters. The van der Waals surface area contributed by atoms with Crippen molar-refractivity contribution < 1.29 is 18.3 Å². The summed E-state index contributed by atoms with van der Waals surface area (Å²) in [6.07, 6.45) is 3.51. The molecule has 1 aromatic carbocycles. The maximum absolute atomic E-state index is 12.1. The van der Waals surface area contributed by atoms with Crippen molar-refractivity contribution in [1.29, 1.82) is 0 Å². The smallest absolute Gasteiger partial charge is 0.303 e. The van der Waals surface area contributed by atoms with E-state index in [-0.39, 0.29) is 19.0 Å². The molecule has 0 radical (unpaired) electrons. The topological polar surface area (TPSA) is 86.7 Å². The molecule has 1 saturated carbocycles. The Bertz CT molecular complexity index is 609. The average Bonchev–Trinajstić information content (AvgIpc) is 2.42. The van der Waals surface area contributed by atoms with Crippen molar-refractivity contribution in [2.24, 2.45) is 0 Å². The number of aliphatic carboxylic acids is 1. The molecule has 1 aliphatic carbocycles. The van der Waals surface area contributed by atoms with E-state index in [2.05, 4.69) is 4.72 Å². The third-order valence-electron chi connectivity index (χ3n) is 4.08. The highest BCUT2D eigenvalue weighted by Crippen LogP contribution is 2.25. The van der Waals surface area contributed by atoms with Crippen molar-refractivity contribution in [2.75, 3.05) is 7.05 Å². The third kappa shape index (κ3) is 4.53. The lowest BCUT2D eigenvalue weighted by Gasteiger charge is -2.33. The van der Waals surface area contributed by atoms with Crippen LogP contribution in [0, 0.1) is 0 Å². The maximum atomic E-state index is 12.1. The van der Waals surface area contributed by atoms with Crippen LogP contribution in [0.25, 0.3) is 0 Å². The predicted molar refractivity (Wildman–Crippen MR) is 83.6 cm³/mol. The van der Waals surface area contributed by atoms with E-state index in [1.165, 1.54) is 4.31 Å². The van der Waals surface area contributed by atoms with Gasteiger partial charge in [0.15, 0.2) is 0 Å². The highest BCUT2D eigenvalue weighted by atomic mass is 32.2. The van der Waals surface area contributed by atoms with Crippen LogP contribution in [-0.2, 0) is 28.0 Å². The van der Waals surface area contributed by atoms with E-state index in [1.54, 1.807) is 7.05 Å². The molecule has 2 rings (SSSR count). The number of hydrogen-bond donors (Lipinski definition) is 2. The Morgan fingerprint density at radius 3 is 2.36 bits per heavy atom. The monoisotopic (exact) mass is 326 g/mol.